The highest BCUT2D eigenvalue weighted by Crippen LogP contribution is 2.48. The Morgan fingerprint density at radius 2 is 1.11 bits per heavy atom. The smallest absolute Gasteiger partial charge is 0.438 e. The van der Waals surface area contributed by atoms with Crippen molar-refractivity contribution >= 4 is 13.4 Å². The predicted molar refractivity (Wildman–Crippen MR) is 109 cm³/mol. The second kappa shape index (κ2) is 10.8. The topological polar surface area (TPSA) is 71.1 Å². The van der Waals surface area contributed by atoms with Gasteiger partial charge in [-0.1, -0.05) is 13.8 Å². The largest absolute Gasteiger partial charge is 0.494 e. The standard InChI is InChI=1S/C21H27O6P/c1-4-14-24-18-6-10-20(11-7-18)26-28(23,16-17(3)22)27-21-12-8-19(9-13-21)25-15-5-2/h6-13H,4-5,14-16H2,1-3H3. The van der Waals surface area contributed by atoms with Crippen LogP contribution in [-0.4, -0.2) is 25.2 Å². The molecule has 0 saturated heterocycles. The van der Waals surface area contributed by atoms with Crippen LogP contribution in [0.1, 0.15) is 33.6 Å². The van der Waals surface area contributed by atoms with Crippen LogP contribution in [0.2, 0.25) is 0 Å². The van der Waals surface area contributed by atoms with E-state index in [0.29, 0.717) is 36.2 Å². The number of benzene rings is 2. The van der Waals surface area contributed by atoms with Gasteiger partial charge >= 0.3 is 7.60 Å². The molecule has 0 spiro atoms. The molecule has 0 atom stereocenters. The fraction of sp³-hybridized carbons (Fsp3) is 0.381. The molecule has 0 heterocycles. The second-order valence-corrected chi connectivity index (χ2v) is 8.20. The molecule has 0 N–H and O–H groups in total. The van der Waals surface area contributed by atoms with Crippen LogP contribution >= 0.6 is 7.60 Å². The summed E-state index contributed by atoms with van der Waals surface area (Å²) in [4.78, 5) is 11.6. The third-order valence-corrected chi connectivity index (χ3v) is 5.31. The lowest BCUT2D eigenvalue weighted by Gasteiger charge is -2.19. The van der Waals surface area contributed by atoms with Crippen molar-refractivity contribution in [1.29, 1.82) is 0 Å². The van der Waals surface area contributed by atoms with Crippen molar-refractivity contribution in [3.8, 4) is 23.0 Å². The average molecular weight is 406 g/mol. The number of carbonyl (C=O) groups excluding carboxylic acids is 1. The predicted octanol–water partition coefficient (Wildman–Crippen LogP) is 5.50. The maximum Gasteiger partial charge on any atom is 0.438 e. The van der Waals surface area contributed by atoms with Crippen LogP contribution in [0.3, 0.4) is 0 Å². The van der Waals surface area contributed by atoms with E-state index < -0.39 is 7.60 Å². The van der Waals surface area contributed by atoms with Gasteiger partial charge in [0, 0.05) is 0 Å². The minimum atomic E-state index is -3.72. The van der Waals surface area contributed by atoms with E-state index in [-0.39, 0.29) is 11.9 Å². The third-order valence-electron chi connectivity index (χ3n) is 3.50. The molecule has 2 rings (SSSR count). The van der Waals surface area contributed by atoms with Gasteiger partial charge in [-0.3, -0.25) is 4.79 Å². The fourth-order valence-corrected chi connectivity index (χ4v) is 3.91. The number of ether oxygens (including phenoxy) is 2. The molecule has 0 radical (unpaired) electrons. The average Bonchev–Trinajstić information content (AvgIpc) is 2.66. The van der Waals surface area contributed by atoms with E-state index in [1.807, 2.05) is 13.8 Å². The van der Waals surface area contributed by atoms with Crippen LogP contribution < -0.4 is 18.5 Å². The highest BCUT2D eigenvalue weighted by Gasteiger charge is 2.30. The number of hydrogen-bond acceptors (Lipinski definition) is 6. The molecule has 0 amide bonds. The highest BCUT2D eigenvalue weighted by atomic mass is 31.2. The maximum atomic E-state index is 13.1. The quantitative estimate of drug-likeness (QED) is 0.433. The minimum Gasteiger partial charge on any atom is -0.494 e. The summed E-state index contributed by atoms with van der Waals surface area (Å²) in [6, 6.07) is 13.5. The molecule has 152 valence electrons. The number of hydrogen-bond donors (Lipinski definition) is 0. The van der Waals surface area contributed by atoms with E-state index >= 15 is 0 Å². The Bertz CT molecular complexity index is 728. The monoisotopic (exact) mass is 406 g/mol. The molecule has 0 aliphatic rings. The van der Waals surface area contributed by atoms with E-state index in [9.17, 15) is 9.36 Å². The molecule has 0 unspecified atom stereocenters. The summed E-state index contributed by atoms with van der Waals surface area (Å²) in [5.41, 5.74) is 0. The van der Waals surface area contributed by atoms with Crippen molar-refractivity contribution in [1.82, 2.24) is 0 Å². The van der Waals surface area contributed by atoms with E-state index in [1.54, 1.807) is 48.5 Å². The van der Waals surface area contributed by atoms with E-state index in [0.717, 1.165) is 12.8 Å². The Labute approximate surface area is 166 Å². The van der Waals surface area contributed by atoms with Gasteiger partial charge in [-0.2, -0.15) is 0 Å². The molecule has 28 heavy (non-hydrogen) atoms. The van der Waals surface area contributed by atoms with Gasteiger partial charge in [-0.15, -0.1) is 0 Å². The summed E-state index contributed by atoms with van der Waals surface area (Å²) >= 11 is 0. The minimum absolute atomic E-state index is 0.283. The van der Waals surface area contributed by atoms with Crippen molar-refractivity contribution in [3.63, 3.8) is 0 Å². The van der Waals surface area contributed by atoms with Crippen molar-refractivity contribution < 1.29 is 27.9 Å². The van der Waals surface area contributed by atoms with Gasteiger partial charge < -0.3 is 18.5 Å². The first-order chi connectivity index (χ1) is 13.4. The molecule has 0 saturated carbocycles. The van der Waals surface area contributed by atoms with E-state index in [2.05, 4.69) is 0 Å². The first kappa shape index (κ1) is 21.8. The zero-order valence-electron chi connectivity index (χ0n) is 16.6. The van der Waals surface area contributed by atoms with Crippen molar-refractivity contribution in [2.75, 3.05) is 19.4 Å². The molecular formula is C21H27O6P. The van der Waals surface area contributed by atoms with E-state index in [1.165, 1.54) is 6.92 Å². The summed E-state index contributed by atoms with van der Waals surface area (Å²) in [5.74, 6) is 1.79. The van der Waals surface area contributed by atoms with Crippen LogP contribution in [0.15, 0.2) is 48.5 Å². The Morgan fingerprint density at radius 1 is 0.750 bits per heavy atom. The molecule has 0 aromatic heterocycles. The number of rotatable bonds is 12. The molecular weight excluding hydrogens is 379 g/mol. The number of Topliss-reactive ketones (excluding diaryl/α,β-unsaturated/α-hetero) is 1. The number of ketones is 1. The van der Waals surface area contributed by atoms with Gasteiger partial charge in [0.2, 0.25) is 0 Å². The lowest BCUT2D eigenvalue weighted by Crippen LogP contribution is -2.10. The third kappa shape index (κ3) is 7.28. The summed E-state index contributed by atoms with van der Waals surface area (Å²) in [6.45, 7) is 6.63. The zero-order chi connectivity index (χ0) is 20.4. The zero-order valence-corrected chi connectivity index (χ0v) is 17.4. The SMILES string of the molecule is CCCOc1ccc(OP(=O)(CC(C)=O)Oc2ccc(OCCC)cc2)cc1. The maximum absolute atomic E-state index is 13.1. The normalized spacial score (nSPS) is 11.0. The Hall–Kier alpha value is -2.46. The second-order valence-electron chi connectivity index (χ2n) is 6.29. The van der Waals surface area contributed by atoms with Gasteiger partial charge in [-0.25, -0.2) is 4.57 Å². The van der Waals surface area contributed by atoms with Crippen LogP contribution in [0.4, 0.5) is 0 Å². The van der Waals surface area contributed by atoms with Gasteiger partial charge in [-0.05, 0) is 68.3 Å². The molecule has 0 aliphatic carbocycles. The van der Waals surface area contributed by atoms with E-state index in [4.69, 9.17) is 18.5 Å². The van der Waals surface area contributed by atoms with Crippen LogP contribution in [0, 0.1) is 0 Å². The summed E-state index contributed by atoms with van der Waals surface area (Å²) < 4.78 is 35.4. The van der Waals surface area contributed by atoms with Crippen molar-refractivity contribution in [2.24, 2.45) is 0 Å². The highest BCUT2D eigenvalue weighted by molar-refractivity contribution is 7.55. The lowest BCUT2D eigenvalue weighted by atomic mass is 10.3. The number of carbonyl (C=O) groups is 1. The summed E-state index contributed by atoms with van der Waals surface area (Å²) in [7, 11) is -3.72. The summed E-state index contributed by atoms with van der Waals surface area (Å²) in [5, 5.41) is 0. The molecule has 6 nitrogen and oxygen atoms in total. The van der Waals surface area contributed by atoms with Crippen LogP contribution in [0.25, 0.3) is 0 Å². The molecule has 0 aliphatic heterocycles. The first-order valence-corrected chi connectivity index (χ1v) is 11.1. The fourth-order valence-electron chi connectivity index (χ4n) is 2.31. The molecule has 7 heteroatoms. The van der Waals surface area contributed by atoms with Gasteiger partial charge in [0.1, 0.15) is 34.9 Å². The molecule has 0 fully saturated rings. The Kier molecular flexibility index (Phi) is 8.40. The van der Waals surface area contributed by atoms with Crippen LogP contribution in [0.5, 0.6) is 23.0 Å². The summed E-state index contributed by atoms with van der Waals surface area (Å²) in [6.07, 6.45) is 1.49. The Morgan fingerprint density at radius 3 is 1.43 bits per heavy atom. The molecule has 2 aromatic rings. The van der Waals surface area contributed by atoms with Gasteiger partial charge in [0.15, 0.2) is 0 Å². The molecule has 0 bridgehead atoms. The van der Waals surface area contributed by atoms with Gasteiger partial charge in [0.25, 0.3) is 0 Å². The first-order valence-electron chi connectivity index (χ1n) is 9.37. The van der Waals surface area contributed by atoms with Crippen LogP contribution in [-0.2, 0) is 9.36 Å². The Balaban J connectivity index is 2.10. The lowest BCUT2D eigenvalue weighted by molar-refractivity contribution is -0.114. The van der Waals surface area contributed by atoms with Crippen molar-refractivity contribution in [3.05, 3.63) is 48.5 Å². The molecule has 2 aromatic carbocycles. The van der Waals surface area contributed by atoms with Gasteiger partial charge in [0.05, 0.1) is 13.2 Å². The van der Waals surface area contributed by atoms with Crippen molar-refractivity contribution in [2.45, 2.75) is 33.6 Å².